The van der Waals surface area contributed by atoms with Crippen LogP contribution in [0.15, 0.2) is 42.1 Å². The number of nitrogens with zero attached hydrogens (tertiary/aromatic N) is 2. The molecule has 0 saturated carbocycles. The van der Waals surface area contributed by atoms with Crippen molar-refractivity contribution in [3.05, 3.63) is 73.5 Å². The summed E-state index contributed by atoms with van der Waals surface area (Å²) in [6.07, 6.45) is 1.23. The minimum absolute atomic E-state index is 0.117. The van der Waals surface area contributed by atoms with Gasteiger partial charge in [0.05, 0.1) is 28.1 Å². The highest BCUT2D eigenvalue weighted by Crippen LogP contribution is 2.32. The van der Waals surface area contributed by atoms with E-state index in [0.717, 1.165) is 12.1 Å². The minimum atomic E-state index is -1.33. The molecule has 0 aromatic heterocycles. The van der Waals surface area contributed by atoms with E-state index >= 15 is 0 Å². The van der Waals surface area contributed by atoms with Crippen LogP contribution in [0.2, 0.25) is 0 Å². The van der Waals surface area contributed by atoms with E-state index in [4.69, 9.17) is 9.47 Å². The van der Waals surface area contributed by atoms with Gasteiger partial charge in [0.15, 0.2) is 11.5 Å². The lowest BCUT2D eigenvalue weighted by atomic mass is 10.1. The number of hydrogen-bond acceptors (Lipinski definition) is 8. The van der Waals surface area contributed by atoms with Crippen LogP contribution in [-0.4, -0.2) is 33.4 Å². The van der Waals surface area contributed by atoms with Gasteiger partial charge in [0.25, 0.3) is 11.4 Å². The molecule has 2 rings (SSSR count). The van der Waals surface area contributed by atoms with Crippen LogP contribution in [0.4, 0.5) is 11.4 Å². The van der Waals surface area contributed by atoms with Crippen LogP contribution in [0, 0.1) is 20.2 Å². The number of aliphatic carboxylic acids is 1. The molecule has 12 nitrogen and oxygen atoms in total. The molecule has 0 aliphatic heterocycles. The highest BCUT2D eigenvalue weighted by atomic mass is 16.6. The van der Waals surface area contributed by atoms with E-state index < -0.39 is 33.1 Å². The van der Waals surface area contributed by atoms with Crippen LogP contribution in [0.3, 0.4) is 0 Å². The summed E-state index contributed by atoms with van der Waals surface area (Å²) < 4.78 is 11.1. The Morgan fingerprint density at radius 2 is 1.78 bits per heavy atom. The van der Waals surface area contributed by atoms with E-state index in [-0.39, 0.29) is 36.0 Å². The lowest BCUT2D eigenvalue weighted by Gasteiger charge is -2.13. The second-order valence-corrected chi connectivity index (χ2v) is 6.30. The summed E-state index contributed by atoms with van der Waals surface area (Å²) in [6.45, 7) is 2.87. The van der Waals surface area contributed by atoms with Crippen molar-refractivity contribution in [2.45, 2.75) is 20.5 Å². The summed E-state index contributed by atoms with van der Waals surface area (Å²) in [7, 11) is 0. The zero-order chi connectivity index (χ0) is 23.8. The molecule has 0 spiro atoms. The number of carbonyl (C=O) groups excluding carboxylic acids is 1. The number of amides is 1. The van der Waals surface area contributed by atoms with Crippen LogP contribution in [0.5, 0.6) is 11.5 Å². The molecule has 1 amide bonds. The first-order chi connectivity index (χ1) is 15.1. The number of carboxylic acid groups (broad SMARTS) is 1. The number of hydrogen-bond donors (Lipinski definition) is 2. The molecule has 2 aromatic carbocycles. The topological polar surface area (TPSA) is 171 Å². The number of rotatable bonds is 10. The van der Waals surface area contributed by atoms with Crippen molar-refractivity contribution in [2.24, 2.45) is 0 Å². The molecule has 0 unspecified atom stereocenters. The number of non-ortho nitro benzene ring substituents is 1. The molecule has 0 heterocycles. The summed E-state index contributed by atoms with van der Waals surface area (Å²) in [4.78, 5) is 43.1. The van der Waals surface area contributed by atoms with Gasteiger partial charge in [-0.3, -0.25) is 25.0 Å². The van der Waals surface area contributed by atoms with Crippen LogP contribution >= 0.6 is 0 Å². The number of ether oxygens (including phenoxy) is 2. The molecule has 2 N–H and O–H groups in total. The normalized spacial score (nSPS) is 10.9. The van der Waals surface area contributed by atoms with Gasteiger partial charge in [0, 0.05) is 13.0 Å². The van der Waals surface area contributed by atoms with E-state index in [1.165, 1.54) is 37.3 Å². The van der Waals surface area contributed by atoms with Gasteiger partial charge in [-0.2, -0.15) is 0 Å². The van der Waals surface area contributed by atoms with E-state index in [1.807, 2.05) is 0 Å². The Balaban J connectivity index is 2.33. The second-order valence-electron chi connectivity index (χ2n) is 6.30. The summed E-state index contributed by atoms with van der Waals surface area (Å²) in [6, 6.07) is 7.69. The number of nitro benzene ring substituents is 2. The molecule has 0 aliphatic rings. The van der Waals surface area contributed by atoms with E-state index in [9.17, 15) is 34.9 Å². The summed E-state index contributed by atoms with van der Waals surface area (Å²) >= 11 is 0. The Morgan fingerprint density at radius 1 is 1.06 bits per heavy atom. The summed E-state index contributed by atoms with van der Waals surface area (Å²) in [5.41, 5.74) is -0.702. The Hall–Kier alpha value is -4.48. The molecule has 12 heteroatoms. The third-order valence-electron chi connectivity index (χ3n) is 3.98. The van der Waals surface area contributed by atoms with Crippen molar-refractivity contribution < 1.29 is 34.0 Å². The van der Waals surface area contributed by atoms with Gasteiger partial charge in [-0.15, -0.1) is 0 Å². The predicted octanol–water partition coefficient (Wildman–Crippen LogP) is 3.04. The maximum absolute atomic E-state index is 11.3. The molecular formula is C20H19N3O9. The first-order valence-electron chi connectivity index (χ1n) is 9.16. The van der Waals surface area contributed by atoms with Gasteiger partial charge in [0.1, 0.15) is 12.3 Å². The average Bonchev–Trinajstić information content (AvgIpc) is 2.72. The molecule has 0 radical (unpaired) electrons. The summed E-state index contributed by atoms with van der Waals surface area (Å²) in [5.74, 6) is -1.43. The number of carboxylic acids is 1. The minimum Gasteiger partial charge on any atom is -0.490 e. The molecule has 32 heavy (non-hydrogen) atoms. The number of benzene rings is 2. The first kappa shape index (κ1) is 23.8. The SMILES string of the molecule is CCOc1cc(C=C(NC(C)=O)C(=O)O)ccc1OCc1ccc([N+](=O)[O-])cc1[N+](=O)[O-]. The molecule has 0 saturated heterocycles. The van der Waals surface area contributed by atoms with Crippen molar-refractivity contribution in [3.63, 3.8) is 0 Å². The number of nitro groups is 2. The van der Waals surface area contributed by atoms with Gasteiger partial charge >= 0.3 is 5.97 Å². The van der Waals surface area contributed by atoms with Crippen molar-refractivity contribution in [1.82, 2.24) is 5.32 Å². The molecular weight excluding hydrogens is 426 g/mol. The van der Waals surface area contributed by atoms with Crippen molar-refractivity contribution >= 4 is 29.3 Å². The van der Waals surface area contributed by atoms with Gasteiger partial charge in [0.2, 0.25) is 5.91 Å². The van der Waals surface area contributed by atoms with Gasteiger partial charge in [-0.05, 0) is 36.8 Å². The lowest BCUT2D eigenvalue weighted by molar-refractivity contribution is -0.394. The molecule has 168 valence electrons. The zero-order valence-electron chi connectivity index (χ0n) is 17.1. The fourth-order valence-corrected chi connectivity index (χ4v) is 2.62. The highest BCUT2D eigenvalue weighted by Gasteiger charge is 2.20. The van der Waals surface area contributed by atoms with E-state index in [2.05, 4.69) is 5.32 Å². The standard InChI is InChI=1S/C20H19N3O9/c1-3-31-19-9-13(8-16(20(25)26)21-12(2)24)4-7-18(19)32-11-14-5-6-15(22(27)28)10-17(14)23(29)30/h4-10H,3,11H2,1-2H3,(H,21,24)(H,25,26). The van der Waals surface area contributed by atoms with E-state index in [1.54, 1.807) is 6.92 Å². The zero-order valence-corrected chi connectivity index (χ0v) is 17.1. The maximum atomic E-state index is 11.3. The van der Waals surface area contributed by atoms with Gasteiger partial charge < -0.3 is 19.9 Å². The number of nitrogens with one attached hydrogen (secondary N) is 1. The molecule has 0 fully saturated rings. The number of carbonyl (C=O) groups is 2. The van der Waals surface area contributed by atoms with Crippen LogP contribution in [-0.2, 0) is 16.2 Å². The first-order valence-corrected chi connectivity index (χ1v) is 9.16. The average molecular weight is 445 g/mol. The summed E-state index contributed by atoms with van der Waals surface area (Å²) in [5, 5.41) is 33.6. The second kappa shape index (κ2) is 10.5. The van der Waals surface area contributed by atoms with Gasteiger partial charge in [-0.25, -0.2) is 4.79 Å². The molecule has 0 bridgehead atoms. The molecule has 2 aromatic rings. The largest absolute Gasteiger partial charge is 0.490 e. The Kier molecular flexibility index (Phi) is 7.82. The smallest absolute Gasteiger partial charge is 0.352 e. The quantitative estimate of drug-likeness (QED) is 0.317. The Morgan fingerprint density at radius 3 is 2.34 bits per heavy atom. The van der Waals surface area contributed by atoms with Crippen LogP contribution < -0.4 is 14.8 Å². The molecule has 0 aliphatic carbocycles. The lowest BCUT2D eigenvalue weighted by Crippen LogP contribution is -2.24. The van der Waals surface area contributed by atoms with Crippen LogP contribution in [0.25, 0.3) is 6.08 Å². The third kappa shape index (κ3) is 6.26. The van der Waals surface area contributed by atoms with Crippen LogP contribution in [0.1, 0.15) is 25.0 Å². The third-order valence-corrected chi connectivity index (χ3v) is 3.98. The van der Waals surface area contributed by atoms with Crippen molar-refractivity contribution in [2.75, 3.05) is 6.61 Å². The Labute approximate surface area is 181 Å². The monoisotopic (exact) mass is 445 g/mol. The Bertz CT molecular complexity index is 1100. The van der Waals surface area contributed by atoms with Crippen molar-refractivity contribution in [1.29, 1.82) is 0 Å². The maximum Gasteiger partial charge on any atom is 0.352 e. The fourth-order valence-electron chi connectivity index (χ4n) is 2.62. The predicted molar refractivity (Wildman–Crippen MR) is 111 cm³/mol. The fraction of sp³-hybridized carbons (Fsp3) is 0.200. The van der Waals surface area contributed by atoms with E-state index in [0.29, 0.717) is 5.56 Å². The molecule has 0 atom stereocenters. The van der Waals surface area contributed by atoms with Gasteiger partial charge in [-0.1, -0.05) is 6.07 Å². The highest BCUT2D eigenvalue weighted by molar-refractivity contribution is 5.96. The van der Waals surface area contributed by atoms with Crippen molar-refractivity contribution in [3.8, 4) is 11.5 Å².